The number of ether oxygens (including phenoxy) is 2. The molecule has 0 rings (SSSR count). The van der Waals surface area contributed by atoms with E-state index < -0.39 is 26.5 Å². The zero-order valence-electron chi connectivity index (χ0n) is 53.0. The van der Waals surface area contributed by atoms with Crippen LogP contribution in [-0.2, 0) is 32.7 Å². The largest absolute Gasteiger partial charge is 0.472 e. The van der Waals surface area contributed by atoms with Gasteiger partial charge in [0.15, 0.2) is 6.10 Å². The second-order valence-corrected chi connectivity index (χ2v) is 24.5. The zero-order valence-corrected chi connectivity index (χ0v) is 53.9. The molecular formula is C71H130NO8P. The minimum Gasteiger partial charge on any atom is -0.462 e. The van der Waals surface area contributed by atoms with Gasteiger partial charge in [0, 0.05) is 19.4 Å². The van der Waals surface area contributed by atoms with Crippen LogP contribution in [0.15, 0.2) is 72.9 Å². The molecular weight excluding hydrogens is 1030 g/mol. The Morgan fingerprint density at radius 2 is 0.679 bits per heavy atom. The third-order valence-corrected chi connectivity index (χ3v) is 16.1. The van der Waals surface area contributed by atoms with E-state index >= 15 is 0 Å². The van der Waals surface area contributed by atoms with Crippen molar-refractivity contribution in [1.82, 2.24) is 0 Å². The molecule has 0 aliphatic heterocycles. The van der Waals surface area contributed by atoms with Gasteiger partial charge in [0.25, 0.3) is 0 Å². The number of hydrogen-bond donors (Lipinski definition) is 2. The molecule has 0 saturated heterocycles. The van der Waals surface area contributed by atoms with Crippen LogP contribution in [0.2, 0.25) is 0 Å². The molecule has 0 radical (unpaired) electrons. The van der Waals surface area contributed by atoms with Gasteiger partial charge < -0.3 is 20.1 Å². The van der Waals surface area contributed by atoms with E-state index in [9.17, 15) is 19.0 Å². The molecule has 10 heteroatoms. The molecule has 9 nitrogen and oxygen atoms in total. The second kappa shape index (κ2) is 66.6. The van der Waals surface area contributed by atoms with Crippen LogP contribution in [0, 0.1) is 0 Å². The van der Waals surface area contributed by atoms with Crippen molar-refractivity contribution in [3.8, 4) is 0 Å². The molecule has 0 aromatic carbocycles. The highest BCUT2D eigenvalue weighted by molar-refractivity contribution is 7.47. The molecule has 0 fully saturated rings. The lowest BCUT2D eigenvalue weighted by Crippen LogP contribution is -2.29. The fourth-order valence-electron chi connectivity index (χ4n) is 10.0. The van der Waals surface area contributed by atoms with Crippen molar-refractivity contribution in [2.24, 2.45) is 5.73 Å². The Bertz CT molecular complexity index is 1560. The molecule has 0 aromatic heterocycles. The Kier molecular flexibility index (Phi) is 64.5. The summed E-state index contributed by atoms with van der Waals surface area (Å²) in [4.78, 5) is 35.3. The lowest BCUT2D eigenvalue weighted by Gasteiger charge is -2.19. The highest BCUT2D eigenvalue weighted by atomic mass is 31.2. The normalized spacial score (nSPS) is 13.4. The molecule has 0 aromatic rings. The van der Waals surface area contributed by atoms with E-state index in [1.807, 2.05) is 0 Å². The summed E-state index contributed by atoms with van der Waals surface area (Å²) in [6.07, 6.45) is 87.1. The third-order valence-electron chi connectivity index (χ3n) is 15.1. The van der Waals surface area contributed by atoms with Crippen LogP contribution in [-0.4, -0.2) is 49.3 Å². The molecule has 0 saturated carbocycles. The van der Waals surface area contributed by atoms with Crippen molar-refractivity contribution in [2.45, 2.75) is 341 Å². The summed E-state index contributed by atoms with van der Waals surface area (Å²) in [5.41, 5.74) is 5.40. The van der Waals surface area contributed by atoms with Gasteiger partial charge in [0.2, 0.25) is 0 Å². The maximum atomic E-state index is 12.8. The van der Waals surface area contributed by atoms with Gasteiger partial charge in [-0.25, -0.2) is 4.57 Å². The van der Waals surface area contributed by atoms with E-state index in [2.05, 4.69) is 86.8 Å². The van der Waals surface area contributed by atoms with Crippen LogP contribution >= 0.6 is 7.82 Å². The van der Waals surface area contributed by atoms with Crippen molar-refractivity contribution in [3.05, 3.63) is 72.9 Å². The van der Waals surface area contributed by atoms with Crippen molar-refractivity contribution in [1.29, 1.82) is 0 Å². The van der Waals surface area contributed by atoms with E-state index in [-0.39, 0.29) is 38.6 Å². The lowest BCUT2D eigenvalue weighted by molar-refractivity contribution is -0.161. The van der Waals surface area contributed by atoms with Crippen LogP contribution in [0.4, 0.5) is 0 Å². The van der Waals surface area contributed by atoms with Gasteiger partial charge in [0.05, 0.1) is 13.2 Å². The van der Waals surface area contributed by atoms with Gasteiger partial charge in [-0.2, -0.15) is 0 Å². The quantitative estimate of drug-likeness (QED) is 0.0264. The van der Waals surface area contributed by atoms with Gasteiger partial charge in [-0.15, -0.1) is 0 Å². The van der Waals surface area contributed by atoms with Crippen LogP contribution < -0.4 is 5.73 Å². The number of nitrogens with two attached hydrogens (primary N) is 1. The van der Waals surface area contributed by atoms with Gasteiger partial charge in [0.1, 0.15) is 6.61 Å². The van der Waals surface area contributed by atoms with Crippen LogP contribution in [0.3, 0.4) is 0 Å². The fourth-order valence-corrected chi connectivity index (χ4v) is 10.8. The number of esters is 2. The smallest absolute Gasteiger partial charge is 0.462 e. The number of allylic oxidation sites excluding steroid dienone is 12. The molecule has 3 N–H and O–H groups in total. The Morgan fingerprint density at radius 3 is 1.01 bits per heavy atom. The number of carbonyl (C=O) groups is 2. The van der Waals surface area contributed by atoms with E-state index in [0.29, 0.717) is 6.42 Å². The first-order valence-electron chi connectivity index (χ1n) is 34.4. The summed E-state index contributed by atoms with van der Waals surface area (Å²) < 4.78 is 33.2. The summed E-state index contributed by atoms with van der Waals surface area (Å²) in [5.74, 6) is -0.813. The van der Waals surface area contributed by atoms with Crippen LogP contribution in [0.5, 0.6) is 0 Å². The maximum Gasteiger partial charge on any atom is 0.472 e. The highest BCUT2D eigenvalue weighted by Crippen LogP contribution is 2.43. The Morgan fingerprint density at radius 1 is 0.383 bits per heavy atom. The number of rotatable bonds is 65. The molecule has 0 spiro atoms. The summed E-state index contributed by atoms with van der Waals surface area (Å²) in [7, 11) is -4.39. The van der Waals surface area contributed by atoms with Crippen molar-refractivity contribution in [2.75, 3.05) is 26.4 Å². The Labute approximate surface area is 501 Å². The molecule has 0 amide bonds. The maximum absolute atomic E-state index is 12.8. The molecule has 81 heavy (non-hydrogen) atoms. The van der Waals surface area contributed by atoms with E-state index in [1.165, 1.54) is 238 Å². The molecule has 0 bridgehead atoms. The number of carbonyl (C=O) groups excluding carboxylic acids is 2. The predicted molar refractivity (Wildman–Crippen MR) is 349 cm³/mol. The molecule has 0 heterocycles. The molecule has 0 aliphatic carbocycles. The van der Waals surface area contributed by atoms with Gasteiger partial charge in [-0.3, -0.25) is 18.6 Å². The number of unbranched alkanes of at least 4 members (excludes halogenated alkanes) is 40. The van der Waals surface area contributed by atoms with Crippen LogP contribution in [0.25, 0.3) is 0 Å². The Balaban J connectivity index is 3.83. The summed E-state index contributed by atoms with van der Waals surface area (Å²) in [6.45, 7) is 3.67. The van der Waals surface area contributed by atoms with Crippen molar-refractivity contribution >= 4 is 19.8 Å². The second-order valence-electron chi connectivity index (χ2n) is 23.0. The lowest BCUT2D eigenvalue weighted by atomic mass is 10.0. The first-order valence-corrected chi connectivity index (χ1v) is 35.9. The minimum atomic E-state index is -4.39. The first-order chi connectivity index (χ1) is 39.8. The molecule has 2 atom stereocenters. The summed E-state index contributed by atoms with van der Waals surface area (Å²) in [5, 5.41) is 0. The predicted octanol–water partition coefficient (Wildman–Crippen LogP) is 22.4. The van der Waals surface area contributed by atoms with Gasteiger partial charge in [-0.05, 0) is 83.5 Å². The Hall–Kier alpha value is -2.55. The summed E-state index contributed by atoms with van der Waals surface area (Å²) in [6, 6.07) is 0. The highest BCUT2D eigenvalue weighted by Gasteiger charge is 2.26. The standard InChI is InChI=1S/C71H130NO8P/c1-3-5-7-9-11-13-15-17-19-21-23-25-27-29-30-31-32-33-34-35-36-37-38-40-42-44-46-48-50-52-54-56-58-60-62-64-71(74)80-69(68-79-81(75,76)78-66-65-72)67-77-70(73)63-61-59-57-55-53-51-49-47-45-43-41-39-28-26-24-22-20-18-16-14-12-10-8-6-4-2/h5,7,11,13,16-19,22-25,69H,3-4,6,8-10,12,14-15,20-21,26-68,72H2,1-2H3,(H,75,76)/b7-5-,13-11-,18-16-,19-17-,24-22-,25-23-. The van der Waals surface area contributed by atoms with Crippen molar-refractivity contribution in [3.63, 3.8) is 0 Å². The summed E-state index contributed by atoms with van der Waals surface area (Å²) >= 11 is 0. The minimum absolute atomic E-state index is 0.0536. The van der Waals surface area contributed by atoms with Crippen LogP contribution in [0.1, 0.15) is 335 Å². The van der Waals surface area contributed by atoms with E-state index in [1.54, 1.807) is 0 Å². The van der Waals surface area contributed by atoms with E-state index in [0.717, 1.165) is 64.2 Å². The average Bonchev–Trinajstić information content (AvgIpc) is 3.46. The topological polar surface area (TPSA) is 134 Å². The monoisotopic (exact) mass is 1160 g/mol. The SMILES string of the molecule is CC/C=C\C/C=C\C/C=C\C/C=C\CCCCCCCCCCCCCCCCCCCCCCCCC(=O)OC(COC(=O)CCCCCCCCCCCCCCC/C=C\C/C=C\CCCCCCC)COP(=O)(O)OCCN. The molecule has 2 unspecified atom stereocenters. The number of hydrogen-bond acceptors (Lipinski definition) is 8. The average molecular weight is 1160 g/mol. The van der Waals surface area contributed by atoms with Gasteiger partial charge >= 0.3 is 19.8 Å². The zero-order chi connectivity index (χ0) is 58.7. The first kappa shape index (κ1) is 78.5. The molecule has 0 aliphatic rings. The van der Waals surface area contributed by atoms with Gasteiger partial charge in [-0.1, -0.05) is 311 Å². The number of phosphoric acid groups is 1. The number of phosphoric ester groups is 1. The third kappa shape index (κ3) is 66.5. The molecule has 472 valence electrons. The van der Waals surface area contributed by atoms with E-state index in [4.69, 9.17) is 24.3 Å². The fraction of sp³-hybridized carbons (Fsp3) is 0.803. The van der Waals surface area contributed by atoms with Crippen molar-refractivity contribution < 1.29 is 37.6 Å².